The summed E-state index contributed by atoms with van der Waals surface area (Å²) in [5.41, 5.74) is 5.55. The first-order chi connectivity index (χ1) is 7.18. The van der Waals surface area contributed by atoms with Crippen LogP contribution in [0.25, 0.3) is 0 Å². The van der Waals surface area contributed by atoms with Gasteiger partial charge >= 0.3 is 0 Å². The molecule has 1 fully saturated rings. The highest BCUT2D eigenvalue weighted by atomic mass is 32.1. The van der Waals surface area contributed by atoms with Crippen molar-refractivity contribution in [3.05, 3.63) is 4.88 Å². The van der Waals surface area contributed by atoms with Gasteiger partial charge in [0.05, 0.1) is 0 Å². The van der Waals surface area contributed by atoms with E-state index in [1.54, 1.807) is 4.90 Å². The third-order valence-corrected chi connectivity index (χ3v) is 3.23. The van der Waals surface area contributed by atoms with Crippen LogP contribution in [-0.4, -0.2) is 58.5 Å². The lowest BCUT2D eigenvalue weighted by Crippen LogP contribution is -2.47. The highest BCUT2D eigenvalue weighted by Crippen LogP contribution is 2.16. The third kappa shape index (κ3) is 2.07. The molecule has 0 atom stereocenters. The second-order valence-corrected chi connectivity index (χ2v) is 4.34. The monoisotopic (exact) mass is 227 g/mol. The fourth-order valence-electron chi connectivity index (χ4n) is 1.50. The minimum absolute atomic E-state index is 0.0457. The van der Waals surface area contributed by atoms with Gasteiger partial charge in [0.1, 0.15) is 0 Å². The Labute approximate surface area is 91.8 Å². The molecule has 6 nitrogen and oxygen atoms in total. The maximum absolute atomic E-state index is 11.9. The van der Waals surface area contributed by atoms with E-state index in [4.69, 9.17) is 5.73 Å². The van der Waals surface area contributed by atoms with E-state index in [-0.39, 0.29) is 11.7 Å². The second kappa shape index (κ2) is 4.11. The van der Waals surface area contributed by atoms with Crippen molar-refractivity contribution in [2.45, 2.75) is 0 Å². The molecule has 0 radical (unpaired) electrons. The van der Waals surface area contributed by atoms with Crippen molar-refractivity contribution in [2.75, 3.05) is 39.0 Å². The zero-order valence-electron chi connectivity index (χ0n) is 8.51. The summed E-state index contributed by atoms with van der Waals surface area (Å²) in [7, 11) is 2.05. The van der Waals surface area contributed by atoms with Crippen molar-refractivity contribution in [1.29, 1.82) is 0 Å². The number of nitrogens with two attached hydrogens (primary N) is 1. The molecule has 15 heavy (non-hydrogen) atoms. The van der Waals surface area contributed by atoms with Crippen LogP contribution in [0.2, 0.25) is 0 Å². The van der Waals surface area contributed by atoms with E-state index in [1.165, 1.54) is 0 Å². The molecule has 0 saturated carbocycles. The lowest BCUT2D eigenvalue weighted by molar-refractivity contribution is 0.0670. The summed E-state index contributed by atoms with van der Waals surface area (Å²) in [5, 5.41) is 3.64. The fourth-order valence-corrected chi connectivity index (χ4v) is 2.05. The first-order valence-corrected chi connectivity index (χ1v) is 5.51. The molecular formula is C8H13N5OS. The third-order valence-electron chi connectivity index (χ3n) is 2.50. The van der Waals surface area contributed by atoms with Crippen LogP contribution in [-0.2, 0) is 0 Å². The summed E-state index contributed by atoms with van der Waals surface area (Å²) in [4.78, 5) is 16.4. The molecular weight excluding hydrogens is 214 g/mol. The highest BCUT2D eigenvalue weighted by Gasteiger charge is 2.23. The van der Waals surface area contributed by atoms with Gasteiger partial charge in [0.2, 0.25) is 0 Å². The molecule has 82 valence electrons. The summed E-state index contributed by atoms with van der Waals surface area (Å²) in [5.74, 6) is 0.194. The first kappa shape index (κ1) is 10.3. The molecule has 1 aromatic heterocycles. The predicted molar refractivity (Wildman–Crippen MR) is 57.7 cm³/mol. The average molecular weight is 227 g/mol. The smallest absolute Gasteiger partial charge is 0.269 e. The Morgan fingerprint density at radius 2 is 2.07 bits per heavy atom. The summed E-state index contributed by atoms with van der Waals surface area (Å²) in [6, 6.07) is 0. The average Bonchev–Trinajstić information content (AvgIpc) is 2.65. The number of nitrogens with zero attached hydrogens (tertiary/aromatic N) is 4. The number of hydrogen-bond acceptors (Lipinski definition) is 6. The van der Waals surface area contributed by atoms with E-state index >= 15 is 0 Å². The molecule has 0 unspecified atom stereocenters. The Morgan fingerprint density at radius 1 is 1.40 bits per heavy atom. The van der Waals surface area contributed by atoms with Crippen LogP contribution in [0.4, 0.5) is 5.82 Å². The van der Waals surface area contributed by atoms with Gasteiger partial charge in [-0.3, -0.25) is 4.79 Å². The van der Waals surface area contributed by atoms with Crippen molar-refractivity contribution in [3.63, 3.8) is 0 Å². The lowest BCUT2D eigenvalue weighted by atomic mass is 10.3. The minimum atomic E-state index is -0.0457. The van der Waals surface area contributed by atoms with E-state index in [0.717, 1.165) is 37.7 Å². The molecule has 1 saturated heterocycles. The van der Waals surface area contributed by atoms with Crippen LogP contribution in [0.1, 0.15) is 9.67 Å². The predicted octanol–water partition coefficient (Wildman–Crippen LogP) is -0.492. The summed E-state index contributed by atoms with van der Waals surface area (Å²) < 4.78 is 3.66. The van der Waals surface area contributed by atoms with E-state index < -0.39 is 0 Å². The van der Waals surface area contributed by atoms with Crippen LogP contribution in [0.5, 0.6) is 0 Å². The van der Waals surface area contributed by atoms with Gasteiger partial charge in [-0.15, -0.1) is 5.10 Å². The normalized spacial score (nSPS) is 18.1. The maximum atomic E-state index is 11.9. The van der Waals surface area contributed by atoms with Gasteiger partial charge in [0.15, 0.2) is 10.7 Å². The van der Waals surface area contributed by atoms with Crippen LogP contribution >= 0.6 is 11.5 Å². The number of nitrogen functional groups attached to an aromatic ring is 1. The molecule has 0 bridgehead atoms. The molecule has 2 heterocycles. The van der Waals surface area contributed by atoms with Crippen molar-refractivity contribution in [1.82, 2.24) is 19.4 Å². The topological polar surface area (TPSA) is 75.3 Å². The molecule has 0 aromatic carbocycles. The minimum Gasteiger partial charge on any atom is -0.381 e. The Bertz CT molecular complexity index is 358. The zero-order chi connectivity index (χ0) is 10.8. The molecule has 1 aliphatic heterocycles. The summed E-state index contributed by atoms with van der Waals surface area (Å²) in [6.45, 7) is 3.29. The number of rotatable bonds is 1. The lowest BCUT2D eigenvalue weighted by Gasteiger charge is -2.31. The SMILES string of the molecule is CN1CCN(C(=O)c2snnc2N)CC1. The molecule has 7 heteroatoms. The van der Waals surface area contributed by atoms with Gasteiger partial charge in [-0.2, -0.15) is 0 Å². The van der Waals surface area contributed by atoms with Gasteiger partial charge < -0.3 is 15.5 Å². The molecule has 0 aliphatic carbocycles. The quantitative estimate of drug-likeness (QED) is 0.700. The van der Waals surface area contributed by atoms with Crippen LogP contribution in [0.3, 0.4) is 0 Å². The van der Waals surface area contributed by atoms with Gasteiger partial charge in [0.25, 0.3) is 5.91 Å². The Hall–Kier alpha value is -1.21. The Balaban J connectivity index is 2.06. The Morgan fingerprint density at radius 3 is 2.60 bits per heavy atom. The number of piperazine rings is 1. The number of carbonyl (C=O) groups is 1. The van der Waals surface area contributed by atoms with Gasteiger partial charge in [-0.1, -0.05) is 4.49 Å². The van der Waals surface area contributed by atoms with Crippen LogP contribution in [0, 0.1) is 0 Å². The number of anilines is 1. The van der Waals surface area contributed by atoms with Crippen molar-refractivity contribution < 1.29 is 4.79 Å². The first-order valence-electron chi connectivity index (χ1n) is 4.74. The van der Waals surface area contributed by atoms with Gasteiger partial charge in [0, 0.05) is 26.2 Å². The largest absolute Gasteiger partial charge is 0.381 e. The molecule has 1 amide bonds. The van der Waals surface area contributed by atoms with Crippen molar-refractivity contribution in [3.8, 4) is 0 Å². The Kier molecular flexibility index (Phi) is 2.83. The zero-order valence-corrected chi connectivity index (χ0v) is 9.33. The highest BCUT2D eigenvalue weighted by molar-refractivity contribution is 7.08. The molecule has 0 spiro atoms. The van der Waals surface area contributed by atoms with E-state index in [1.807, 2.05) is 7.05 Å². The second-order valence-electron chi connectivity index (χ2n) is 3.58. The fraction of sp³-hybridized carbons (Fsp3) is 0.625. The maximum Gasteiger partial charge on any atom is 0.269 e. The number of hydrogen-bond donors (Lipinski definition) is 1. The number of likely N-dealkylation sites (N-methyl/N-ethyl adjacent to an activating group) is 1. The van der Waals surface area contributed by atoms with E-state index in [0.29, 0.717) is 4.88 Å². The van der Waals surface area contributed by atoms with E-state index in [9.17, 15) is 4.79 Å². The van der Waals surface area contributed by atoms with Crippen molar-refractivity contribution >= 4 is 23.3 Å². The van der Waals surface area contributed by atoms with Crippen LogP contribution < -0.4 is 5.73 Å². The molecule has 2 N–H and O–H groups in total. The standard InChI is InChI=1S/C8H13N5OS/c1-12-2-4-13(5-3-12)8(14)6-7(9)10-11-15-6/h2-5,9H2,1H3. The van der Waals surface area contributed by atoms with Crippen molar-refractivity contribution in [2.24, 2.45) is 0 Å². The molecule has 1 aliphatic rings. The summed E-state index contributed by atoms with van der Waals surface area (Å²) >= 11 is 1.06. The van der Waals surface area contributed by atoms with Gasteiger partial charge in [-0.25, -0.2) is 0 Å². The van der Waals surface area contributed by atoms with E-state index in [2.05, 4.69) is 14.5 Å². The summed E-state index contributed by atoms with van der Waals surface area (Å²) in [6.07, 6.45) is 0. The number of amides is 1. The number of carbonyl (C=O) groups excluding carboxylic acids is 1. The molecule has 1 aromatic rings. The van der Waals surface area contributed by atoms with Crippen LogP contribution in [0.15, 0.2) is 0 Å². The molecule has 2 rings (SSSR count). The number of aromatic nitrogens is 2. The van der Waals surface area contributed by atoms with Gasteiger partial charge in [-0.05, 0) is 18.6 Å².